The van der Waals surface area contributed by atoms with Crippen LogP contribution in [0.3, 0.4) is 0 Å². The molecule has 1 rings (SSSR count). The predicted octanol–water partition coefficient (Wildman–Crippen LogP) is 2.27. The highest BCUT2D eigenvalue weighted by atomic mass is 32.2. The topological polar surface area (TPSA) is 55.1 Å². The van der Waals surface area contributed by atoms with Crippen LogP contribution < -0.4 is 11.1 Å². The minimum Gasteiger partial charge on any atom is -0.399 e. The number of nitrogens with two attached hydrogens (primary N) is 1. The van der Waals surface area contributed by atoms with Gasteiger partial charge in [0.15, 0.2) is 0 Å². The van der Waals surface area contributed by atoms with E-state index in [1.165, 1.54) is 17.8 Å². The number of nitrogens with one attached hydrogen (secondary N) is 1. The molecule has 0 aliphatic rings. The number of rotatable bonds is 5. The highest BCUT2D eigenvalue weighted by Crippen LogP contribution is 2.23. The molecule has 0 unspecified atom stereocenters. The van der Waals surface area contributed by atoms with Crippen molar-refractivity contribution < 1.29 is 9.18 Å². The minimum atomic E-state index is -0.383. The Bertz CT molecular complexity index is 396. The number of carbonyl (C=O) groups excluding carboxylic acids is 1. The van der Waals surface area contributed by atoms with E-state index in [-0.39, 0.29) is 17.5 Å². The highest BCUT2D eigenvalue weighted by molar-refractivity contribution is 8.00. The van der Waals surface area contributed by atoms with Crippen LogP contribution in [-0.4, -0.2) is 18.2 Å². The van der Waals surface area contributed by atoms with Crippen LogP contribution in [0.4, 0.5) is 10.1 Å². The van der Waals surface area contributed by atoms with Gasteiger partial charge in [-0.15, -0.1) is 11.8 Å². The predicted molar refractivity (Wildman–Crippen MR) is 69.4 cm³/mol. The first kappa shape index (κ1) is 13.8. The molecule has 3 N–H and O–H groups in total. The summed E-state index contributed by atoms with van der Waals surface area (Å²) in [6.45, 7) is 4.68. The molecule has 1 aromatic rings. The Kier molecular flexibility index (Phi) is 5.28. The molecule has 0 radical (unpaired) electrons. The van der Waals surface area contributed by atoms with E-state index in [1.807, 2.05) is 13.8 Å². The summed E-state index contributed by atoms with van der Waals surface area (Å²) in [6, 6.07) is 4.47. The number of halogens is 1. The van der Waals surface area contributed by atoms with E-state index in [9.17, 15) is 9.18 Å². The molecule has 0 aliphatic carbocycles. The van der Waals surface area contributed by atoms with Gasteiger partial charge in [-0.25, -0.2) is 4.39 Å². The summed E-state index contributed by atoms with van der Waals surface area (Å²) in [5, 5.41) is 2.78. The minimum absolute atomic E-state index is 0.0834. The summed E-state index contributed by atoms with van der Waals surface area (Å²) in [5.74, 6) is 0.164. The van der Waals surface area contributed by atoms with Gasteiger partial charge in [0.25, 0.3) is 0 Å². The SMILES string of the molecule is CC(C)CNC(=O)CSc1ccc(N)cc1F. The smallest absolute Gasteiger partial charge is 0.230 e. The summed E-state index contributed by atoms with van der Waals surface area (Å²) < 4.78 is 13.4. The molecule has 3 nitrogen and oxygen atoms in total. The van der Waals surface area contributed by atoms with E-state index >= 15 is 0 Å². The lowest BCUT2D eigenvalue weighted by atomic mass is 10.2. The van der Waals surface area contributed by atoms with Crippen LogP contribution in [0.25, 0.3) is 0 Å². The first-order chi connectivity index (χ1) is 7.99. The summed E-state index contributed by atoms with van der Waals surface area (Å²) in [7, 11) is 0. The van der Waals surface area contributed by atoms with Gasteiger partial charge in [-0.1, -0.05) is 13.8 Å². The van der Waals surface area contributed by atoms with Crippen LogP contribution in [0.15, 0.2) is 23.1 Å². The second kappa shape index (κ2) is 6.49. The van der Waals surface area contributed by atoms with Crippen molar-refractivity contribution in [1.29, 1.82) is 0 Å². The van der Waals surface area contributed by atoms with E-state index < -0.39 is 0 Å². The Balaban J connectivity index is 2.42. The van der Waals surface area contributed by atoms with Gasteiger partial charge < -0.3 is 11.1 Å². The fourth-order valence-electron chi connectivity index (χ4n) is 1.15. The third-order valence-corrected chi connectivity index (χ3v) is 3.07. The zero-order chi connectivity index (χ0) is 12.8. The molecule has 0 heterocycles. The summed E-state index contributed by atoms with van der Waals surface area (Å²) in [4.78, 5) is 11.9. The molecule has 94 valence electrons. The number of hydrogen-bond donors (Lipinski definition) is 2. The molecule has 0 saturated heterocycles. The Morgan fingerprint density at radius 3 is 2.82 bits per heavy atom. The number of thioether (sulfide) groups is 1. The average molecular weight is 256 g/mol. The maximum atomic E-state index is 13.4. The Morgan fingerprint density at radius 2 is 2.24 bits per heavy atom. The molecule has 1 amide bonds. The zero-order valence-corrected chi connectivity index (χ0v) is 10.8. The van der Waals surface area contributed by atoms with Crippen LogP contribution in [0.5, 0.6) is 0 Å². The molecule has 5 heteroatoms. The Morgan fingerprint density at radius 1 is 1.53 bits per heavy atom. The largest absolute Gasteiger partial charge is 0.399 e. The van der Waals surface area contributed by atoms with Gasteiger partial charge in [0.2, 0.25) is 5.91 Å². The molecular formula is C12H17FN2OS. The van der Waals surface area contributed by atoms with E-state index in [0.717, 1.165) is 0 Å². The van der Waals surface area contributed by atoms with Crippen molar-refractivity contribution in [2.24, 2.45) is 5.92 Å². The van der Waals surface area contributed by atoms with Crippen LogP contribution in [0.1, 0.15) is 13.8 Å². The van der Waals surface area contributed by atoms with Crippen LogP contribution in [0, 0.1) is 11.7 Å². The number of hydrogen-bond acceptors (Lipinski definition) is 3. The number of nitrogen functional groups attached to an aromatic ring is 1. The molecule has 17 heavy (non-hydrogen) atoms. The van der Waals surface area contributed by atoms with Gasteiger partial charge in [-0.2, -0.15) is 0 Å². The van der Waals surface area contributed by atoms with Gasteiger partial charge in [0, 0.05) is 17.1 Å². The van der Waals surface area contributed by atoms with Crippen molar-refractivity contribution in [2.75, 3.05) is 18.0 Å². The molecule has 0 aliphatic heterocycles. The number of carbonyl (C=O) groups is 1. The average Bonchev–Trinajstić information content (AvgIpc) is 2.25. The van der Waals surface area contributed by atoms with E-state index in [1.54, 1.807) is 12.1 Å². The molecule has 0 saturated carbocycles. The lowest BCUT2D eigenvalue weighted by molar-refractivity contribution is -0.118. The van der Waals surface area contributed by atoms with Crippen LogP contribution in [0.2, 0.25) is 0 Å². The fourth-order valence-corrected chi connectivity index (χ4v) is 1.90. The van der Waals surface area contributed by atoms with Gasteiger partial charge >= 0.3 is 0 Å². The van der Waals surface area contributed by atoms with E-state index in [4.69, 9.17) is 5.73 Å². The first-order valence-corrected chi connectivity index (χ1v) is 6.42. The number of amides is 1. The summed E-state index contributed by atoms with van der Waals surface area (Å²) in [5.41, 5.74) is 5.82. The Labute approximate surface area is 105 Å². The van der Waals surface area contributed by atoms with E-state index in [0.29, 0.717) is 23.0 Å². The first-order valence-electron chi connectivity index (χ1n) is 5.43. The van der Waals surface area contributed by atoms with Crippen LogP contribution in [-0.2, 0) is 4.79 Å². The van der Waals surface area contributed by atoms with E-state index in [2.05, 4.69) is 5.32 Å². The zero-order valence-electron chi connectivity index (χ0n) is 10.00. The van der Waals surface area contributed by atoms with Gasteiger partial charge in [-0.3, -0.25) is 4.79 Å². The van der Waals surface area contributed by atoms with Gasteiger partial charge in [0.05, 0.1) is 5.75 Å². The normalized spacial score (nSPS) is 10.6. The maximum Gasteiger partial charge on any atom is 0.230 e. The maximum absolute atomic E-state index is 13.4. The van der Waals surface area contributed by atoms with Crippen molar-refractivity contribution in [3.8, 4) is 0 Å². The molecule has 0 aromatic heterocycles. The van der Waals surface area contributed by atoms with Gasteiger partial charge in [-0.05, 0) is 24.1 Å². The summed E-state index contributed by atoms with van der Waals surface area (Å²) >= 11 is 1.17. The third kappa shape index (κ3) is 5.08. The quantitative estimate of drug-likeness (QED) is 0.627. The van der Waals surface area contributed by atoms with Crippen molar-refractivity contribution in [1.82, 2.24) is 5.32 Å². The standard InChI is InChI=1S/C12H17FN2OS/c1-8(2)6-15-12(16)7-17-11-4-3-9(14)5-10(11)13/h3-5,8H,6-7,14H2,1-2H3,(H,15,16). The third-order valence-electron chi connectivity index (χ3n) is 2.02. The second-order valence-electron chi connectivity index (χ2n) is 4.18. The lowest BCUT2D eigenvalue weighted by Crippen LogP contribution is -2.28. The second-order valence-corrected chi connectivity index (χ2v) is 5.19. The van der Waals surface area contributed by atoms with Crippen molar-refractivity contribution >= 4 is 23.4 Å². The summed E-state index contributed by atoms with van der Waals surface area (Å²) in [6.07, 6.45) is 0. The number of anilines is 1. The van der Waals surface area contributed by atoms with Crippen molar-refractivity contribution in [3.63, 3.8) is 0 Å². The molecule has 1 aromatic carbocycles. The Hall–Kier alpha value is -1.23. The molecule has 0 fully saturated rings. The lowest BCUT2D eigenvalue weighted by Gasteiger charge is -2.07. The molecule has 0 spiro atoms. The molecule has 0 atom stereocenters. The van der Waals surface area contributed by atoms with Crippen LogP contribution >= 0.6 is 11.8 Å². The highest BCUT2D eigenvalue weighted by Gasteiger charge is 2.07. The number of benzene rings is 1. The fraction of sp³-hybridized carbons (Fsp3) is 0.417. The van der Waals surface area contributed by atoms with Crippen molar-refractivity contribution in [3.05, 3.63) is 24.0 Å². The molecule has 0 bridgehead atoms. The van der Waals surface area contributed by atoms with Crippen molar-refractivity contribution in [2.45, 2.75) is 18.7 Å². The monoisotopic (exact) mass is 256 g/mol. The molecular weight excluding hydrogens is 239 g/mol. The van der Waals surface area contributed by atoms with Gasteiger partial charge in [0.1, 0.15) is 5.82 Å².